The number of hydrogen-bond donors (Lipinski definition) is 4. The maximum absolute atomic E-state index is 12.7. The smallest absolute Gasteiger partial charge is 0.224 e. The second-order valence-corrected chi connectivity index (χ2v) is 9.95. The first-order valence-corrected chi connectivity index (χ1v) is 13.3. The number of amides is 1. The maximum atomic E-state index is 12.7. The Morgan fingerprint density at radius 1 is 0.925 bits per heavy atom. The predicted octanol–water partition coefficient (Wildman–Crippen LogP) is 4.35. The number of nitrogens with one attached hydrogen (secondary N) is 4. The number of carbonyl (C=O) groups is 1. The Balaban J connectivity index is 1.19. The van der Waals surface area contributed by atoms with E-state index in [0.717, 1.165) is 59.1 Å². The normalized spacial score (nSPS) is 14.1. The third kappa shape index (κ3) is 4.67. The number of aromatic nitrogens is 8. The Morgan fingerprint density at radius 2 is 1.85 bits per heavy atom. The van der Waals surface area contributed by atoms with Crippen LogP contribution in [0.25, 0.3) is 56.1 Å². The lowest BCUT2D eigenvalue weighted by atomic mass is 9.94. The van der Waals surface area contributed by atoms with Crippen molar-refractivity contribution in [3.63, 3.8) is 0 Å². The molecular formula is C29H26N10O. The summed E-state index contributed by atoms with van der Waals surface area (Å²) in [6.45, 7) is 1.94. The lowest BCUT2D eigenvalue weighted by molar-refractivity contribution is -0.117. The number of nitrogens with zero attached hydrogens (tertiary/aromatic N) is 6. The first-order valence-electron chi connectivity index (χ1n) is 13.3. The lowest BCUT2D eigenvalue weighted by Crippen LogP contribution is -2.30. The SMILES string of the molecule is O=C(CC1CCNCC1)Nc1cncc(-c2cc3c(-c4nc5c(-c6ccccn6)nccc5[nH]4)n[nH]c3cn2)c1. The van der Waals surface area contributed by atoms with Crippen LogP contribution in [0.1, 0.15) is 19.3 Å². The summed E-state index contributed by atoms with van der Waals surface area (Å²) in [5.74, 6) is 1.03. The molecule has 0 saturated carbocycles. The summed E-state index contributed by atoms with van der Waals surface area (Å²) in [6.07, 6.45) is 11.2. The van der Waals surface area contributed by atoms with Gasteiger partial charge in [-0.25, -0.2) is 4.98 Å². The molecule has 0 aromatic carbocycles. The first-order chi connectivity index (χ1) is 19.7. The van der Waals surface area contributed by atoms with Crippen LogP contribution < -0.4 is 10.6 Å². The number of rotatable bonds is 6. The van der Waals surface area contributed by atoms with Gasteiger partial charge in [-0.05, 0) is 62.2 Å². The topological polar surface area (TPSA) is 150 Å². The van der Waals surface area contributed by atoms with E-state index in [1.54, 1.807) is 31.0 Å². The molecule has 1 fully saturated rings. The van der Waals surface area contributed by atoms with Crippen LogP contribution >= 0.6 is 0 Å². The van der Waals surface area contributed by atoms with Crippen molar-refractivity contribution in [2.75, 3.05) is 18.4 Å². The molecule has 1 aliphatic rings. The lowest BCUT2D eigenvalue weighted by Gasteiger charge is -2.21. The van der Waals surface area contributed by atoms with Gasteiger partial charge >= 0.3 is 0 Å². The van der Waals surface area contributed by atoms with Crippen molar-refractivity contribution in [1.29, 1.82) is 0 Å². The van der Waals surface area contributed by atoms with Gasteiger partial charge in [-0.3, -0.25) is 29.8 Å². The van der Waals surface area contributed by atoms with Gasteiger partial charge in [0, 0.05) is 36.0 Å². The average Bonchev–Trinajstić information content (AvgIpc) is 3.62. The largest absolute Gasteiger partial charge is 0.336 e. The van der Waals surface area contributed by atoms with Crippen LogP contribution in [0.15, 0.2) is 67.4 Å². The van der Waals surface area contributed by atoms with Gasteiger partial charge < -0.3 is 15.6 Å². The molecule has 4 N–H and O–H groups in total. The van der Waals surface area contributed by atoms with Gasteiger partial charge in [0.05, 0.1) is 40.5 Å². The van der Waals surface area contributed by atoms with Crippen molar-refractivity contribution < 1.29 is 4.79 Å². The van der Waals surface area contributed by atoms with Gasteiger partial charge in [-0.1, -0.05) is 6.07 Å². The van der Waals surface area contributed by atoms with Crippen LogP contribution in [-0.2, 0) is 4.79 Å². The standard InChI is InChI=1S/C29H26N10O/c40-25(11-17-4-8-30-9-5-17)35-19-12-18(14-31-15-19)23-13-20-24(16-34-23)38-39-26(20)29-36-22-6-10-33-27(28(22)37-29)21-3-1-2-7-32-21/h1-3,6-7,10,12-17,30H,4-5,8-9,11H2,(H,35,40)(H,36,37)(H,38,39). The molecule has 1 aliphatic heterocycles. The van der Waals surface area contributed by atoms with E-state index in [4.69, 9.17) is 4.98 Å². The second kappa shape index (κ2) is 10.3. The van der Waals surface area contributed by atoms with Crippen molar-refractivity contribution in [3.05, 3.63) is 67.4 Å². The average molecular weight is 531 g/mol. The molecule has 0 atom stereocenters. The van der Waals surface area contributed by atoms with Gasteiger partial charge in [0.1, 0.15) is 16.9 Å². The maximum Gasteiger partial charge on any atom is 0.224 e. The predicted molar refractivity (Wildman–Crippen MR) is 152 cm³/mol. The Kier molecular flexibility index (Phi) is 6.17. The fraction of sp³-hybridized carbons (Fsp3) is 0.207. The molecule has 6 aromatic heterocycles. The molecule has 1 saturated heterocycles. The molecule has 7 rings (SSSR count). The summed E-state index contributed by atoms with van der Waals surface area (Å²) >= 11 is 0. The van der Waals surface area contributed by atoms with Crippen LogP contribution in [0, 0.1) is 5.92 Å². The highest BCUT2D eigenvalue weighted by Gasteiger charge is 2.19. The first kappa shape index (κ1) is 24.0. The Morgan fingerprint density at radius 3 is 2.73 bits per heavy atom. The zero-order valence-corrected chi connectivity index (χ0v) is 21.6. The van der Waals surface area contributed by atoms with E-state index in [-0.39, 0.29) is 5.91 Å². The van der Waals surface area contributed by atoms with E-state index in [2.05, 4.69) is 45.8 Å². The molecule has 0 aliphatic carbocycles. The summed E-state index contributed by atoms with van der Waals surface area (Å²) in [4.78, 5) is 38.8. The molecule has 0 radical (unpaired) electrons. The van der Waals surface area contributed by atoms with Crippen LogP contribution in [0.5, 0.6) is 0 Å². The summed E-state index contributed by atoms with van der Waals surface area (Å²) < 4.78 is 0. The van der Waals surface area contributed by atoms with Crippen molar-refractivity contribution in [2.24, 2.45) is 5.92 Å². The number of aromatic amines is 2. The molecule has 7 heterocycles. The number of imidazole rings is 1. The van der Waals surface area contributed by atoms with Crippen molar-refractivity contribution >= 4 is 33.5 Å². The van der Waals surface area contributed by atoms with Crippen molar-refractivity contribution in [2.45, 2.75) is 19.3 Å². The zero-order valence-electron chi connectivity index (χ0n) is 21.6. The van der Waals surface area contributed by atoms with Crippen LogP contribution in [0.2, 0.25) is 0 Å². The van der Waals surface area contributed by atoms with Gasteiger partial charge in [0.2, 0.25) is 5.91 Å². The number of anilines is 1. The fourth-order valence-corrected chi connectivity index (χ4v) is 5.20. The summed E-state index contributed by atoms with van der Waals surface area (Å²) in [5.41, 5.74) is 6.61. The number of H-pyrrole nitrogens is 2. The van der Waals surface area contributed by atoms with E-state index in [1.807, 2.05) is 36.4 Å². The molecule has 198 valence electrons. The molecule has 0 spiro atoms. The Labute approximate surface area is 228 Å². The van der Waals surface area contributed by atoms with E-state index in [0.29, 0.717) is 40.9 Å². The van der Waals surface area contributed by atoms with Gasteiger partial charge in [-0.15, -0.1) is 0 Å². The second-order valence-electron chi connectivity index (χ2n) is 9.95. The highest BCUT2D eigenvalue weighted by atomic mass is 16.1. The third-order valence-electron chi connectivity index (χ3n) is 7.23. The molecule has 0 bridgehead atoms. The summed E-state index contributed by atoms with van der Waals surface area (Å²) in [7, 11) is 0. The molecule has 11 heteroatoms. The number of piperidine rings is 1. The minimum Gasteiger partial charge on any atom is -0.336 e. The number of hydrogen-bond acceptors (Lipinski definition) is 8. The minimum atomic E-state index is 0.0100. The molecule has 1 amide bonds. The number of pyridine rings is 4. The summed E-state index contributed by atoms with van der Waals surface area (Å²) in [5, 5.41) is 14.8. The monoisotopic (exact) mass is 530 g/mol. The minimum absolute atomic E-state index is 0.0100. The quantitative estimate of drug-likeness (QED) is 0.248. The van der Waals surface area contributed by atoms with Gasteiger partial charge in [-0.2, -0.15) is 5.10 Å². The van der Waals surface area contributed by atoms with E-state index in [1.165, 1.54) is 0 Å². The van der Waals surface area contributed by atoms with Crippen LogP contribution in [0.4, 0.5) is 5.69 Å². The zero-order chi connectivity index (χ0) is 26.9. The molecule has 0 unspecified atom stereocenters. The fourth-order valence-electron chi connectivity index (χ4n) is 5.20. The van der Waals surface area contributed by atoms with Crippen LogP contribution in [0.3, 0.4) is 0 Å². The highest BCUT2D eigenvalue weighted by molar-refractivity contribution is 5.97. The Hall–Kier alpha value is -5.03. The van der Waals surface area contributed by atoms with E-state index >= 15 is 0 Å². The molecular weight excluding hydrogens is 504 g/mol. The van der Waals surface area contributed by atoms with Crippen LogP contribution in [-0.4, -0.2) is 59.1 Å². The molecule has 40 heavy (non-hydrogen) atoms. The highest BCUT2D eigenvalue weighted by Crippen LogP contribution is 2.31. The third-order valence-corrected chi connectivity index (χ3v) is 7.23. The molecule has 11 nitrogen and oxygen atoms in total. The van der Waals surface area contributed by atoms with E-state index in [9.17, 15) is 4.79 Å². The van der Waals surface area contributed by atoms with Crippen molar-refractivity contribution in [3.8, 4) is 34.2 Å². The number of fused-ring (bicyclic) bond motifs is 2. The summed E-state index contributed by atoms with van der Waals surface area (Å²) in [6, 6.07) is 11.4. The van der Waals surface area contributed by atoms with Crippen molar-refractivity contribution in [1.82, 2.24) is 45.4 Å². The van der Waals surface area contributed by atoms with Gasteiger partial charge in [0.25, 0.3) is 0 Å². The van der Waals surface area contributed by atoms with Gasteiger partial charge in [0.15, 0.2) is 5.82 Å². The Bertz CT molecular complexity index is 1820. The van der Waals surface area contributed by atoms with E-state index < -0.39 is 0 Å². The number of carbonyl (C=O) groups excluding carboxylic acids is 1. The molecule has 6 aromatic rings.